The van der Waals surface area contributed by atoms with Gasteiger partial charge in [-0.3, -0.25) is 0 Å². The van der Waals surface area contributed by atoms with Crippen molar-refractivity contribution in [2.45, 2.75) is 17.1 Å². The third kappa shape index (κ3) is 2.07. The predicted molar refractivity (Wildman–Crippen MR) is 123 cm³/mol. The Morgan fingerprint density at radius 2 is 1.00 bits per heavy atom. The van der Waals surface area contributed by atoms with Crippen molar-refractivity contribution in [3.05, 3.63) is 123 Å². The first-order valence-corrected chi connectivity index (χ1v) is 10.8. The highest BCUT2D eigenvalue weighted by Gasteiger charge is 2.81. The molecule has 2 aliphatic rings. The molecule has 6 rings (SSSR count). The molecule has 0 saturated carbocycles. The lowest BCUT2D eigenvalue weighted by atomic mass is 9.82. The van der Waals surface area contributed by atoms with Gasteiger partial charge in [-0.1, -0.05) is 78.9 Å². The molecule has 0 amide bonds. The molecular weight excluding hydrogens is 434 g/mol. The highest BCUT2D eigenvalue weighted by molar-refractivity contribution is 5.43. The van der Waals surface area contributed by atoms with E-state index in [4.69, 9.17) is 9.47 Å². The number of aromatic nitrogens is 3. The Labute approximate surface area is 194 Å². The maximum Gasteiger partial charge on any atom is 0.354 e. The lowest BCUT2D eigenvalue weighted by Gasteiger charge is -2.40. The molecule has 0 spiro atoms. The van der Waals surface area contributed by atoms with E-state index in [-0.39, 0.29) is 0 Å². The summed E-state index contributed by atoms with van der Waals surface area (Å²) in [6, 6.07) is 27.1. The van der Waals surface area contributed by atoms with Crippen molar-refractivity contribution >= 4 is 0 Å². The summed E-state index contributed by atoms with van der Waals surface area (Å²) in [4.78, 5) is 28.1. The molecule has 0 radical (unpaired) electrons. The van der Waals surface area contributed by atoms with Crippen molar-refractivity contribution < 1.29 is 9.47 Å². The van der Waals surface area contributed by atoms with Crippen molar-refractivity contribution in [2.24, 2.45) is 10.2 Å². The fourth-order valence-electron chi connectivity index (χ4n) is 5.42. The van der Waals surface area contributed by atoms with Crippen LogP contribution in [0.4, 0.5) is 0 Å². The molecule has 9 nitrogen and oxygen atoms in total. The Kier molecular flexibility index (Phi) is 4.20. The molecule has 2 aliphatic heterocycles. The third-order valence-electron chi connectivity index (χ3n) is 6.76. The first-order chi connectivity index (χ1) is 16.6. The number of azo groups is 1. The average Bonchev–Trinajstić information content (AvgIpc) is 3.44. The standard InChI is InChI=1S/C25H21N5O4/c1-33-25(34-2)23(18-12-6-3-7-13-18)26-27-24(25,19-14-8-4-9-15-19)30-22(32)28(21(31)29(23)30)20-16-10-5-11-17-20/h3-17H,1-2H3. The molecule has 0 aliphatic carbocycles. The molecule has 170 valence electrons. The molecule has 4 aromatic rings. The molecule has 2 unspecified atom stereocenters. The number of nitrogens with zero attached hydrogens (tertiary/aromatic N) is 5. The number of benzene rings is 3. The minimum Gasteiger partial charge on any atom is -0.345 e. The monoisotopic (exact) mass is 455 g/mol. The van der Waals surface area contributed by atoms with E-state index in [9.17, 15) is 9.59 Å². The molecule has 9 heteroatoms. The number of rotatable bonds is 5. The second kappa shape index (κ2) is 6.96. The van der Waals surface area contributed by atoms with E-state index in [1.54, 1.807) is 24.3 Å². The maximum atomic E-state index is 14.0. The van der Waals surface area contributed by atoms with Crippen LogP contribution in [0.15, 0.2) is 111 Å². The maximum absolute atomic E-state index is 14.0. The van der Waals surface area contributed by atoms with Crippen LogP contribution in [0.25, 0.3) is 5.69 Å². The van der Waals surface area contributed by atoms with Gasteiger partial charge in [0.05, 0.1) is 5.69 Å². The predicted octanol–water partition coefficient (Wildman–Crippen LogP) is 2.67. The minimum absolute atomic E-state index is 0.443. The lowest BCUT2D eigenvalue weighted by molar-refractivity contribution is -0.266. The van der Waals surface area contributed by atoms with Gasteiger partial charge in [0, 0.05) is 25.3 Å². The third-order valence-corrected chi connectivity index (χ3v) is 6.76. The van der Waals surface area contributed by atoms with Crippen molar-refractivity contribution in [3.63, 3.8) is 0 Å². The molecule has 3 heterocycles. The van der Waals surface area contributed by atoms with E-state index in [1.165, 1.54) is 23.6 Å². The number of methoxy groups -OCH3 is 2. The SMILES string of the molecule is COC1(OC)C2(c3ccccc3)N=NC1(c1ccccc1)n1c(=O)n(-c3ccccc3)c(=O)n12. The Morgan fingerprint density at radius 1 is 0.618 bits per heavy atom. The van der Waals surface area contributed by atoms with Crippen LogP contribution in [0.5, 0.6) is 0 Å². The van der Waals surface area contributed by atoms with Crippen LogP contribution in [0, 0.1) is 0 Å². The summed E-state index contributed by atoms with van der Waals surface area (Å²) >= 11 is 0. The van der Waals surface area contributed by atoms with Crippen LogP contribution in [-0.4, -0.2) is 33.9 Å². The zero-order valence-electron chi connectivity index (χ0n) is 18.5. The quantitative estimate of drug-likeness (QED) is 0.433. The summed E-state index contributed by atoms with van der Waals surface area (Å²) in [5.74, 6) is -1.66. The van der Waals surface area contributed by atoms with Crippen LogP contribution in [0.1, 0.15) is 11.1 Å². The van der Waals surface area contributed by atoms with E-state index >= 15 is 0 Å². The zero-order chi connectivity index (χ0) is 23.6. The summed E-state index contributed by atoms with van der Waals surface area (Å²) < 4.78 is 16.0. The molecular formula is C25H21N5O4. The van der Waals surface area contributed by atoms with Crippen molar-refractivity contribution in [3.8, 4) is 5.69 Å². The molecule has 2 bridgehead atoms. The van der Waals surface area contributed by atoms with Crippen LogP contribution in [-0.2, 0) is 20.8 Å². The van der Waals surface area contributed by atoms with E-state index < -0.39 is 28.5 Å². The number of ether oxygens (including phenoxy) is 2. The molecule has 34 heavy (non-hydrogen) atoms. The second-order valence-electron chi connectivity index (χ2n) is 8.16. The van der Waals surface area contributed by atoms with Crippen LogP contribution in [0.3, 0.4) is 0 Å². The van der Waals surface area contributed by atoms with Crippen molar-refractivity contribution in [1.82, 2.24) is 13.9 Å². The van der Waals surface area contributed by atoms with Gasteiger partial charge in [-0.05, 0) is 12.1 Å². The van der Waals surface area contributed by atoms with Gasteiger partial charge in [0.15, 0.2) is 0 Å². The van der Waals surface area contributed by atoms with E-state index in [1.807, 2.05) is 66.7 Å². The second-order valence-corrected chi connectivity index (χ2v) is 8.16. The summed E-state index contributed by atoms with van der Waals surface area (Å²) in [5.41, 5.74) is -2.70. The lowest BCUT2D eigenvalue weighted by Crippen LogP contribution is -2.61. The summed E-state index contributed by atoms with van der Waals surface area (Å²) in [6.45, 7) is 0. The summed E-state index contributed by atoms with van der Waals surface area (Å²) in [6.07, 6.45) is 0. The van der Waals surface area contributed by atoms with Gasteiger partial charge in [0.2, 0.25) is 0 Å². The smallest absolute Gasteiger partial charge is 0.345 e. The van der Waals surface area contributed by atoms with Gasteiger partial charge in [0.1, 0.15) is 0 Å². The molecule has 1 aromatic heterocycles. The Balaban J connectivity index is 1.83. The fraction of sp³-hybridized carbons (Fsp3) is 0.200. The van der Waals surface area contributed by atoms with Gasteiger partial charge >= 0.3 is 11.4 Å². The Bertz CT molecular complexity index is 1430. The largest absolute Gasteiger partial charge is 0.354 e. The molecule has 3 aromatic carbocycles. The zero-order valence-corrected chi connectivity index (χ0v) is 18.5. The van der Waals surface area contributed by atoms with E-state index in [0.717, 1.165) is 4.57 Å². The fourth-order valence-corrected chi connectivity index (χ4v) is 5.42. The molecule has 0 N–H and O–H groups in total. The van der Waals surface area contributed by atoms with Gasteiger partial charge in [-0.25, -0.2) is 14.2 Å². The normalized spacial score (nSPS) is 23.8. The first-order valence-electron chi connectivity index (χ1n) is 10.8. The Morgan fingerprint density at radius 3 is 1.38 bits per heavy atom. The van der Waals surface area contributed by atoms with E-state index in [0.29, 0.717) is 16.8 Å². The first kappa shape index (κ1) is 20.5. The molecule has 2 atom stereocenters. The highest BCUT2D eigenvalue weighted by Crippen LogP contribution is 2.61. The van der Waals surface area contributed by atoms with Crippen LogP contribution < -0.4 is 11.4 Å². The molecule has 0 saturated heterocycles. The van der Waals surface area contributed by atoms with Gasteiger partial charge < -0.3 is 9.47 Å². The average molecular weight is 455 g/mol. The van der Waals surface area contributed by atoms with Gasteiger partial charge in [-0.15, -0.1) is 10.2 Å². The van der Waals surface area contributed by atoms with Crippen LogP contribution in [0.2, 0.25) is 0 Å². The highest BCUT2D eigenvalue weighted by atomic mass is 16.7. The van der Waals surface area contributed by atoms with Crippen molar-refractivity contribution in [2.75, 3.05) is 14.2 Å². The number of hydrogen-bond acceptors (Lipinski definition) is 6. The number of para-hydroxylation sites is 1. The van der Waals surface area contributed by atoms with Crippen molar-refractivity contribution in [1.29, 1.82) is 0 Å². The number of hydrogen-bond donors (Lipinski definition) is 0. The minimum atomic E-state index is -1.66. The summed E-state index contributed by atoms with van der Waals surface area (Å²) in [5, 5.41) is 9.33. The molecule has 0 fully saturated rings. The Hall–Kier alpha value is -4.08. The summed E-state index contributed by atoms with van der Waals surface area (Å²) in [7, 11) is 2.95. The van der Waals surface area contributed by atoms with Gasteiger partial charge in [-0.2, -0.15) is 9.36 Å². The van der Waals surface area contributed by atoms with Gasteiger partial charge in [0.25, 0.3) is 17.1 Å². The number of fused-ring (bicyclic) bond motifs is 5. The topological polar surface area (TPSA) is 92.1 Å². The van der Waals surface area contributed by atoms with Crippen LogP contribution >= 0.6 is 0 Å². The van der Waals surface area contributed by atoms with E-state index in [2.05, 4.69) is 10.2 Å².